The van der Waals surface area contributed by atoms with Gasteiger partial charge in [-0.25, -0.2) is 4.72 Å². The van der Waals surface area contributed by atoms with Crippen LogP contribution in [0.1, 0.15) is 33.1 Å². The number of nitrogens with one attached hydrogen (secondary N) is 2. The average molecular weight is 306 g/mol. The smallest absolute Gasteiger partial charge is 0.279 e. The molecule has 20 heavy (non-hydrogen) atoms. The van der Waals surface area contributed by atoms with E-state index in [0.717, 1.165) is 25.8 Å². The molecule has 0 saturated carbocycles. The highest BCUT2D eigenvalue weighted by molar-refractivity contribution is 7.87. The third-order valence-corrected chi connectivity index (χ3v) is 5.15. The molecule has 1 atom stereocenters. The quantitative estimate of drug-likeness (QED) is 0.674. The van der Waals surface area contributed by atoms with Crippen molar-refractivity contribution in [1.82, 2.24) is 19.2 Å². The lowest BCUT2D eigenvalue weighted by atomic mass is 10.0. The summed E-state index contributed by atoms with van der Waals surface area (Å²) in [5.74, 6) is 0. The van der Waals surface area contributed by atoms with Gasteiger partial charge in [0.1, 0.15) is 0 Å². The summed E-state index contributed by atoms with van der Waals surface area (Å²) in [5, 5.41) is 3.35. The van der Waals surface area contributed by atoms with Crippen LogP contribution in [0.3, 0.4) is 0 Å². The van der Waals surface area contributed by atoms with Gasteiger partial charge in [0.2, 0.25) is 0 Å². The maximum Gasteiger partial charge on any atom is 0.279 e. The van der Waals surface area contributed by atoms with Crippen LogP contribution in [-0.4, -0.2) is 70.0 Å². The van der Waals surface area contributed by atoms with Crippen molar-refractivity contribution in [3.05, 3.63) is 0 Å². The number of hydrogen-bond acceptors (Lipinski definition) is 4. The molecule has 1 aliphatic rings. The highest BCUT2D eigenvalue weighted by atomic mass is 32.2. The topological polar surface area (TPSA) is 64.7 Å². The van der Waals surface area contributed by atoms with Gasteiger partial charge < -0.3 is 10.2 Å². The van der Waals surface area contributed by atoms with E-state index in [4.69, 9.17) is 0 Å². The van der Waals surface area contributed by atoms with Crippen LogP contribution in [0.2, 0.25) is 0 Å². The Bertz CT molecular complexity index is 371. The van der Waals surface area contributed by atoms with E-state index in [1.807, 2.05) is 19.0 Å². The summed E-state index contributed by atoms with van der Waals surface area (Å²) in [6.45, 7) is 6.68. The lowest BCUT2D eigenvalue weighted by Gasteiger charge is -2.35. The van der Waals surface area contributed by atoms with Gasteiger partial charge in [0.25, 0.3) is 10.2 Å². The van der Waals surface area contributed by atoms with Gasteiger partial charge in [0.15, 0.2) is 0 Å². The van der Waals surface area contributed by atoms with Gasteiger partial charge in [-0.15, -0.1) is 0 Å². The van der Waals surface area contributed by atoms with Crippen molar-refractivity contribution in [2.45, 2.75) is 45.2 Å². The fourth-order valence-corrected chi connectivity index (χ4v) is 3.80. The SMILES string of the molecule is CC(C)NCC1CCCCN1S(=O)(=O)NCCN(C)C. The van der Waals surface area contributed by atoms with E-state index in [-0.39, 0.29) is 6.04 Å². The second-order valence-electron chi connectivity index (χ2n) is 6.03. The fraction of sp³-hybridized carbons (Fsp3) is 1.00. The summed E-state index contributed by atoms with van der Waals surface area (Å²) in [4.78, 5) is 1.97. The minimum Gasteiger partial charge on any atom is -0.313 e. The normalized spacial score (nSPS) is 21.8. The lowest BCUT2D eigenvalue weighted by Crippen LogP contribution is -2.53. The molecule has 7 heteroatoms. The molecule has 0 amide bonds. The summed E-state index contributed by atoms with van der Waals surface area (Å²) < 4.78 is 29.1. The highest BCUT2D eigenvalue weighted by Crippen LogP contribution is 2.19. The third-order valence-electron chi connectivity index (χ3n) is 3.49. The molecule has 1 aliphatic heterocycles. The van der Waals surface area contributed by atoms with Gasteiger partial charge in [-0.3, -0.25) is 0 Å². The van der Waals surface area contributed by atoms with Gasteiger partial charge in [-0.1, -0.05) is 20.3 Å². The molecule has 0 bridgehead atoms. The first-order valence-electron chi connectivity index (χ1n) is 7.47. The molecule has 0 aliphatic carbocycles. The predicted molar refractivity (Wildman–Crippen MR) is 83.0 cm³/mol. The van der Waals surface area contributed by atoms with Crippen LogP contribution in [0, 0.1) is 0 Å². The molecule has 120 valence electrons. The van der Waals surface area contributed by atoms with Crippen LogP contribution < -0.4 is 10.0 Å². The zero-order valence-corrected chi connectivity index (χ0v) is 14.0. The molecular weight excluding hydrogens is 276 g/mol. The second kappa shape index (κ2) is 8.29. The van der Waals surface area contributed by atoms with Crippen molar-refractivity contribution in [1.29, 1.82) is 0 Å². The fourth-order valence-electron chi connectivity index (χ4n) is 2.35. The monoisotopic (exact) mass is 306 g/mol. The van der Waals surface area contributed by atoms with Crippen molar-refractivity contribution < 1.29 is 8.42 Å². The van der Waals surface area contributed by atoms with Gasteiger partial charge in [0.05, 0.1) is 0 Å². The number of rotatable bonds is 8. The summed E-state index contributed by atoms with van der Waals surface area (Å²) in [6, 6.07) is 0.450. The molecule has 0 aromatic rings. The second-order valence-corrected chi connectivity index (χ2v) is 7.73. The third kappa shape index (κ3) is 6.05. The Hall–Kier alpha value is -0.210. The van der Waals surface area contributed by atoms with Crippen molar-refractivity contribution in [3.8, 4) is 0 Å². The molecule has 6 nitrogen and oxygen atoms in total. The Morgan fingerprint density at radius 3 is 2.60 bits per heavy atom. The Labute approximate surface area is 124 Å². The minimum absolute atomic E-state index is 0.0722. The molecule has 1 saturated heterocycles. The number of piperidine rings is 1. The molecule has 0 aromatic carbocycles. The number of nitrogens with zero attached hydrogens (tertiary/aromatic N) is 2. The molecule has 1 heterocycles. The van der Waals surface area contributed by atoms with Crippen molar-refractivity contribution in [2.75, 3.05) is 40.3 Å². The van der Waals surface area contributed by atoms with Crippen LogP contribution in [0.5, 0.6) is 0 Å². The number of hydrogen-bond donors (Lipinski definition) is 2. The molecule has 0 aromatic heterocycles. The molecule has 0 radical (unpaired) electrons. The molecule has 2 N–H and O–H groups in total. The van der Waals surface area contributed by atoms with Crippen LogP contribution in [-0.2, 0) is 10.2 Å². The largest absolute Gasteiger partial charge is 0.313 e. The molecule has 0 spiro atoms. The van der Waals surface area contributed by atoms with Crippen LogP contribution in [0.4, 0.5) is 0 Å². The molecule has 1 rings (SSSR count). The maximum absolute atomic E-state index is 12.4. The minimum atomic E-state index is -3.36. The van der Waals surface area contributed by atoms with Gasteiger partial charge >= 0.3 is 0 Å². The van der Waals surface area contributed by atoms with E-state index in [2.05, 4.69) is 23.9 Å². The van der Waals surface area contributed by atoms with E-state index in [9.17, 15) is 8.42 Å². The first kappa shape index (κ1) is 17.8. The van der Waals surface area contributed by atoms with Crippen molar-refractivity contribution in [2.24, 2.45) is 0 Å². The van der Waals surface area contributed by atoms with E-state index in [0.29, 0.717) is 25.7 Å². The summed E-state index contributed by atoms with van der Waals surface area (Å²) in [5.41, 5.74) is 0. The molecule has 1 unspecified atom stereocenters. The first-order chi connectivity index (χ1) is 9.33. The number of likely N-dealkylation sites (N-methyl/N-ethyl adjacent to an activating group) is 1. The van der Waals surface area contributed by atoms with Crippen molar-refractivity contribution in [3.63, 3.8) is 0 Å². The summed E-state index contributed by atoms with van der Waals surface area (Å²) in [7, 11) is 0.511. The molecule has 1 fully saturated rings. The van der Waals surface area contributed by atoms with Crippen molar-refractivity contribution >= 4 is 10.2 Å². The first-order valence-corrected chi connectivity index (χ1v) is 8.91. The summed E-state index contributed by atoms with van der Waals surface area (Å²) in [6.07, 6.45) is 3.00. The van der Waals surface area contributed by atoms with Gasteiger partial charge in [-0.05, 0) is 26.9 Å². The Morgan fingerprint density at radius 2 is 2.00 bits per heavy atom. The highest BCUT2D eigenvalue weighted by Gasteiger charge is 2.31. The van der Waals surface area contributed by atoms with E-state index >= 15 is 0 Å². The molecular formula is C13H30N4O2S. The van der Waals surface area contributed by atoms with E-state index in [1.54, 1.807) is 4.31 Å². The van der Waals surface area contributed by atoms with E-state index < -0.39 is 10.2 Å². The Morgan fingerprint density at radius 1 is 1.30 bits per heavy atom. The Kier molecular flexibility index (Phi) is 7.39. The Balaban J connectivity index is 2.58. The predicted octanol–water partition coefficient (Wildman–Crippen LogP) is 0.235. The zero-order valence-electron chi connectivity index (χ0n) is 13.2. The zero-order chi connectivity index (χ0) is 15.2. The summed E-state index contributed by atoms with van der Waals surface area (Å²) >= 11 is 0. The van der Waals surface area contributed by atoms with Crippen LogP contribution >= 0.6 is 0 Å². The van der Waals surface area contributed by atoms with Gasteiger partial charge in [0, 0.05) is 38.3 Å². The van der Waals surface area contributed by atoms with Crippen LogP contribution in [0.25, 0.3) is 0 Å². The van der Waals surface area contributed by atoms with E-state index in [1.165, 1.54) is 0 Å². The standard InChI is InChI=1S/C13H30N4O2S/c1-12(2)14-11-13-7-5-6-9-17(13)20(18,19)15-8-10-16(3)4/h12-15H,5-11H2,1-4H3. The van der Waals surface area contributed by atoms with Gasteiger partial charge in [-0.2, -0.15) is 12.7 Å². The lowest BCUT2D eigenvalue weighted by molar-refractivity contribution is 0.239. The van der Waals surface area contributed by atoms with Crippen LogP contribution in [0.15, 0.2) is 0 Å². The average Bonchev–Trinajstić information content (AvgIpc) is 2.36. The maximum atomic E-state index is 12.4.